The first kappa shape index (κ1) is 28.5. The van der Waals surface area contributed by atoms with Gasteiger partial charge in [0.1, 0.15) is 24.5 Å². The van der Waals surface area contributed by atoms with Crippen molar-refractivity contribution < 1.29 is 19.7 Å². The lowest BCUT2D eigenvalue weighted by molar-refractivity contribution is 0.146. The monoisotopic (exact) mass is 443 g/mol. The van der Waals surface area contributed by atoms with Crippen molar-refractivity contribution in [2.45, 2.75) is 12.5 Å². The van der Waals surface area contributed by atoms with Gasteiger partial charge in [-0.2, -0.15) is 0 Å². The number of anilines is 2. The van der Waals surface area contributed by atoms with Crippen LogP contribution in [0.25, 0.3) is 0 Å². The summed E-state index contributed by atoms with van der Waals surface area (Å²) in [6, 6.07) is 6.96. The molecule has 9 nitrogen and oxygen atoms in total. The molecule has 0 saturated carbocycles. The lowest BCUT2D eigenvalue weighted by atomic mass is 10.0. The van der Waals surface area contributed by atoms with Crippen LogP contribution in [0, 0.1) is 18.3 Å². The molecule has 1 saturated heterocycles. The Bertz CT molecular complexity index is 844. The summed E-state index contributed by atoms with van der Waals surface area (Å²) in [4.78, 5) is 10.5. The van der Waals surface area contributed by atoms with Gasteiger partial charge in [0.2, 0.25) is 0 Å². The molecule has 1 aliphatic rings. The molecule has 174 valence electrons. The van der Waals surface area contributed by atoms with Gasteiger partial charge in [-0.05, 0) is 24.6 Å². The first-order chi connectivity index (χ1) is 15.6. The first-order valence-electron chi connectivity index (χ1n) is 9.72. The molecular weight excluding hydrogens is 410 g/mol. The second kappa shape index (κ2) is 16.3. The summed E-state index contributed by atoms with van der Waals surface area (Å²) in [6.45, 7) is 8.17. The van der Waals surface area contributed by atoms with Crippen LogP contribution in [0.15, 0.2) is 43.8 Å². The highest BCUT2D eigenvalue weighted by molar-refractivity contribution is 6.13. The van der Waals surface area contributed by atoms with Crippen molar-refractivity contribution in [3.8, 4) is 18.6 Å². The number of aliphatic hydroxyl groups excluding tert-OH is 2. The van der Waals surface area contributed by atoms with Crippen LogP contribution in [0.2, 0.25) is 0 Å². The summed E-state index contributed by atoms with van der Waals surface area (Å²) >= 11 is 0. The maximum atomic E-state index is 9.71. The minimum Gasteiger partial charge on any atom is -0.491 e. The second-order valence-corrected chi connectivity index (χ2v) is 6.12. The molecule has 0 radical (unpaired) electrons. The fourth-order valence-electron chi connectivity index (χ4n) is 2.83. The van der Waals surface area contributed by atoms with Crippen LogP contribution in [0.4, 0.5) is 11.5 Å². The fraction of sp³-hybridized carbons (Fsp3) is 0.348. The van der Waals surface area contributed by atoms with Crippen LogP contribution in [0.5, 0.6) is 5.75 Å². The Morgan fingerprint density at radius 1 is 1.25 bits per heavy atom. The van der Waals surface area contributed by atoms with Gasteiger partial charge in [0, 0.05) is 44.6 Å². The number of benzene rings is 1. The van der Waals surface area contributed by atoms with Crippen LogP contribution < -0.4 is 15.4 Å². The topological polar surface area (TPSA) is 138 Å². The number of nitrogen functional groups attached to an aromatic ring is 1. The summed E-state index contributed by atoms with van der Waals surface area (Å²) in [5.41, 5.74) is 7.74. The van der Waals surface area contributed by atoms with E-state index in [1.807, 2.05) is 4.90 Å². The zero-order chi connectivity index (χ0) is 24.5. The molecule has 0 amide bonds. The zero-order valence-corrected chi connectivity index (χ0v) is 18.7. The van der Waals surface area contributed by atoms with Gasteiger partial charge < -0.3 is 30.3 Å². The van der Waals surface area contributed by atoms with E-state index in [2.05, 4.69) is 36.0 Å². The summed E-state index contributed by atoms with van der Waals surface area (Å²) in [6.07, 6.45) is 9.80. The molecule has 0 unspecified atom stereocenters. The zero-order valence-electron chi connectivity index (χ0n) is 18.7. The number of rotatable bonds is 7. The van der Waals surface area contributed by atoms with E-state index in [1.165, 1.54) is 6.33 Å². The van der Waals surface area contributed by atoms with Gasteiger partial charge in [0.05, 0.1) is 24.1 Å². The highest BCUT2D eigenvalue weighted by Crippen LogP contribution is 2.24. The van der Waals surface area contributed by atoms with Crippen LogP contribution in [0.1, 0.15) is 17.7 Å². The number of nitrogens with two attached hydrogens (primary N) is 1. The number of β-amino-alcohol motifs (C(OH)–C–C–N with tert-alkyl or cyclic N) is 1. The summed E-state index contributed by atoms with van der Waals surface area (Å²) in [5.74, 6) is 1.32. The van der Waals surface area contributed by atoms with Crippen molar-refractivity contribution in [3.63, 3.8) is 0 Å². The lowest BCUT2D eigenvalue weighted by Gasteiger charge is -2.17. The molecular formula is C23H33N5O4. The van der Waals surface area contributed by atoms with Crippen molar-refractivity contribution in [1.29, 1.82) is 5.41 Å². The van der Waals surface area contributed by atoms with Crippen molar-refractivity contribution in [3.05, 3.63) is 55.0 Å². The Labute approximate surface area is 190 Å². The van der Waals surface area contributed by atoms with Gasteiger partial charge >= 0.3 is 0 Å². The maximum Gasteiger partial charge on any atom is 0.132 e. The molecule has 1 aromatic heterocycles. The third-order valence-electron chi connectivity index (χ3n) is 4.25. The number of ether oxygens (including phenoxy) is 2. The summed E-state index contributed by atoms with van der Waals surface area (Å²) in [5, 5.41) is 25.2. The number of nitrogens with one attached hydrogen (secondary N) is 1. The number of aliphatic hydroxyl groups is 2. The fourth-order valence-corrected chi connectivity index (χ4v) is 2.83. The van der Waals surface area contributed by atoms with E-state index in [-0.39, 0.29) is 11.8 Å². The molecule has 1 aromatic carbocycles. The Balaban J connectivity index is 0.00000148. The first-order valence-corrected chi connectivity index (χ1v) is 9.72. The third kappa shape index (κ3) is 8.35. The molecule has 3 rings (SSSR count). The van der Waals surface area contributed by atoms with Crippen LogP contribution >= 0.6 is 0 Å². The minimum absolute atomic E-state index is 0.197. The predicted molar refractivity (Wildman–Crippen MR) is 128 cm³/mol. The van der Waals surface area contributed by atoms with Gasteiger partial charge in [-0.25, -0.2) is 9.97 Å². The highest BCUT2D eigenvalue weighted by atomic mass is 16.5. The highest BCUT2D eigenvalue weighted by Gasteiger charge is 2.22. The number of terminal acetylenes is 1. The van der Waals surface area contributed by atoms with E-state index in [0.29, 0.717) is 54.7 Å². The number of aromatic nitrogens is 2. The molecule has 0 bridgehead atoms. The SMILES string of the molecule is C#C.C=C.CO.COCCOc1ccc(N)c(C(=N)c2cc(N3CC[C@@H](O)C3)ncn2)c1. The van der Waals surface area contributed by atoms with Gasteiger partial charge in [0.15, 0.2) is 0 Å². The predicted octanol–water partition coefficient (Wildman–Crippen LogP) is 1.73. The normalized spacial score (nSPS) is 13.9. The average Bonchev–Trinajstić information content (AvgIpc) is 3.30. The van der Waals surface area contributed by atoms with E-state index < -0.39 is 0 Å². The Hall–Kier alpha value is -3.45. The molecule has 0 spiro atoms. The third-order valence-corrected chi connectivity index (χ3v) is 4.25. The number of nitrogens with zero attached hydrogens (tertiary/aromatic N) is 3. The Morgan fingerprint density at radius 2 is 1.94 bits per heavy atom. The van der Waals surface area contributed by atoms with Crippen molar-refractivity contribution in [1.82, 2.24) is 9.97 Å². The van der Waals surface area contributed by atoms with Gasteiger partial charge in [0.25, 0.3) is 0 Å². The van der Waals surface area contributed by atoms with Gasteiger partial charge in [-0.15, -0.1) is 26.0 Å². The van der Waals surface area contributed by atoms with Crippen molar-refractivity contribution >= 4 is 17.2 Å². The number of hydrogen-bond donors (Lipinski definition) is 4. The Morgan fingerprint density at radius 3 is 2.53 bits per heavy atom. The van der Waals surface area contributed by atoms with Crippen LogP contribution in [-0.2, 0) is 4.74 Å². The van der Waals surface area contributed by atoms with Gasteiger partial charge in [-0.1, -0.05) is 0 Å². The smallest absolute Gasteiger partial charge is 0.132 e. The molecule has 2 aromatic rings. The van der Waals surface area contributed by atoms with E-state index in [9.17, 15) is 5.11 Å². The van der Waals surface area contributed by atoms with E-state index in [4.69, 9.17) is 25.7 Å². The molecule has 2 heterocycles. The number of hydrogen-bond acceptors (Lipinski definition) is 9. The molecule has 32 heavy (non-hydrogen) atoms. The van der Waals surface area contributed by atoms with E-state index in [0.717, 1.165) is 13.7 Å². The second-order valence-electron chi connectivity index (χ2n) is 6.12. The summed E-state index contributed by atoms with van der Waals surface area (Å²) in [7, 11) is 2.61. The standard InChI is InChI=1S/C18H23N5O3.C2H4.C2H2.CH4O/c1-25-6-7-26-13-2-3-15(19)14(8-13)18(20)16-9-17(22-11-21-16)23-5-4-12(24)10-23;3*1-2/h2-3,8-9,11-12,20,24H,4-7,10,19H2,1H3;1-2H2;1-2H;2H,1H3/t12-;;;/m1.../s1. The van der Waals surface area contributed by atoms with Crippen molar-refractivity contribution in [2.75, 3.05) is 51.2 Å². The number of methoxy groups -OCH3 is 1. The van der Waals surface area contributed by atoms with E-state index >= 15 is 0 Å². The average molecular weight is 444 g/mol. The van der Waals surface area contributed by atoms with Crippen molar-refractivity contribution in [2.24, 2.45) is 0 Å². The lowest BCUT2D eigenvalue weighted by Crippen LogP contribution is -2.23. The molecule has 9 heteroatoms. The van der Waals surface area contributed by atoms with E-state index in [1.54, 1.807) is 31.4 Å². The maximum absolute atomic E-state index is 9.71. The quantitative estimate of drug-likeness (QED) is 0.167. The molecule has 5 N–H and O–H groups in total. The van der Waals surface area contributed by atoms with Gasteiger partial charge in [-0.3, -0.25) is 5.41 Å². The molecule has 1 aliphatic heterocycles. The Kier molecular flexibility index (Phi) is 14.5. The molecule has 1 atom stereocenters. The minimum atomic E-state index is -0.343. The largest absolute Gasteiger partial charge is 0.491 e. The van der Waals surface area contributed by atoms with Crippen LogP contribution in [0.3, 0.4) is 0 Å². The molecule has 1 fully saturated rings. The molecule has 0 aliphatic carbocycles. The summed E-state index contributed by atoms with van der Waals surface area (Å²) < 4.78 is 10.6. The van der Waals surface area contributed by atoms with Crippen LogP contribution in [-0.4, -0.2) is 72.5 Å².